The number of benzene rings is 1. The standard InChI is InChI=1S/C11H14N2O/c1-8-3-5-10(6-4-8)11(14)7-9(2)12-13-11/h3-6,13-14H,7H2,1-2H3. The SMILES string of the molecule is CC1=NNC(O)(c2ccc(C)cc2)C1. The molecule has 14 heavy (non-hydrogen) atoms. The van der Waals surface area contributed by atoms with E-state index >= 15 is 0 Å². The van der Waals surface area contributed by atoms with Crippen LogP contribution >= 0.6 is 0 Å². The van der Waals surface area contributed by atoms with Crippen molar-refractivity contribution in [3.05, 3.63) is 35.4 Å². The van der Waals surface area contributed by atoms with E-state index < -0.39 is 5.72 Å². The molecule has 3 heteroatoms. The van der Waals surface area contributed by atoms with E-state index in [-0.39, 0.29) is 0 Å². The Morgan fingerprint density at radius 1 is 1.29 bits per heavy atom. The number of aliphatic hydroxyl groups is 1. The summed E-state index contributed by atoms with van der Waals surface area (Å²) in [6.45, 7) is 3.93. The molecule has 1 aliphatic heterocycles. The molecule has 0 saturated carbocycles. The molecule has 1 aromatic carbocycles. The molecule has 3 nitrogen and oxygen atoms in total. The summed E-state index contributed by atoms with van der Waals surface area (Å²) in [4.78, 5) is 0. The van der Waals surface area contributed by atoms with Crippen LogP contribution in [0.3, 0.4) is 0 Å². The Kier molecular flexibility index (Phi) is 2.04. The molecule has 1 atom stereocenters. The Balaban J connectivity index is 2.28. The van der Waals surface area contributed by atoms with Gasteiger partial charge < -0.3 is 5.11 Å². The van der Waals surface area contributed by atoms with Gasteiger partial charge in [0.05, 0.1) is 0 Å². The first kappa shape index (κ1) is 9.21. The van der Waals surface area contributed by atoms with E-state index in [4.69, 9.17) is 0 Å². The molecule has 0 radical (unpaired) electrons. The molecule has 0 fully saturated rings. The second-order valence-corrected chi connectivity index (χ2v) is 3.86. The highest BCUT2D eigenvalue weighted by molar-refractivity contribution is 5.84. The Bertz CT molecular complexity index is 369. The highest BCUT2D eigenvalue weighted by Gasteiger charge is 2.33. The molecule has 0 aliphatic carbocycles. The first-order chi connectivity index (χ1) is 6.60. The van der Waals surface area contributed by atoms with Crippen LogP contribution in [-0.2, 0) is 5.72 Å². The van der Waals surface area contributed by atoms with Gasteiger partial charge in [-0.05, 0) is 13.8 Å². The van der Waals surface area contributed by atoms with Crippen LogP contribution in [-0.4, -0.2) is 10.8 Å². The monoisotopic (exact) mass is 190 g/mol. The summed E-state index contributed by atoms with van der Waals surface area (Å²) in [5.74, 6) is 0. The maximum Gasteiger partial charge on any atom is 0.182 e. The van der Waals surface area contributed by atoms with Crippen LogP contribution in [0.2, 0.25) is 0 Å². The van der Waals surface area contributed by atoms with Crippen LogP contribution < -0.4 is 5.43 Å². The summed E-state index contributed by atoms with van der Waals surface area (Å²) in [6, 6.07) is 7.83. The normalized spacial score (nSPS) is 25.8. The van der Waals surface area contributed by atoms with Gasteiger partial charge in [0.2, 0.25) is 0 Å². The minimum absolute atomic E-state index is 0.552. The summed E-state index contributed by atoms with van der Waals surface area (Å²) in [5.41, 5.74) is 4.74. The second kappa shape index (κ2) is 3.10. The van der Waals surface area contributed by atoms with Crippen molar-refractivity contribution in [3.8, 4) is 0 Å². The third-order valence-corrected chi connectivity index (χ3v) is 2.47. The van der Waals surface area contributed by atoms with Crippen LogP contribution in [0, 0.1) is 6.92 Å². The molecule has 1 unspecified atom stereocenters. The summed E-state index contributed by atoms with van der Waals surface area (Å²) in [6.07, 6.45) is 0.552. The van der Waals surface area contributed by atoms with Gasteiger partial charge in [-0.2, -0.15) is 5.10 Å². The topological polar surface area (TPSA) is 44.6 Å². The van der Waals surface area contributed by atoms with E-state index in [1.165, 1.54) is 5.56 Å². The lowest BCUT2D eigenvalue weighted by Crippen LogP contribution is -2.35. The fourth-order valence-corrected chi connectivity index (χ4v) is 1.63. The summed E-state index contributed by atoms with van der Waals surface area (Å²) >= 11 is 0. The van der Waals surface area contributed by atoms with Gasteiger partial charge >= 0.3 is 0 Å². The lowest BCUT2D eigenvalue weighted by atomic mass is 9.98. The molecule has 1 heterocycles. The van der Waals surface area contributed by atoms with Gasteiger partial charge in [0.25, 0.3) is 0 Å². The smallest absolute Gasteiger partial charge is 0.182 e. The van der Waals surface area contributed by atoms with Gasteiger partial charge in [0.15, 0.2) is 5.72 Å². The zero-order chi connectivity index (χ0) is 10.2. The van der Waals surface area contributed by atoms with Crippen LogP contribution in [0.15, 0.2) is 29.4 Å². The van der Waals surface area contributed by atoms with E-state index in [1.54, 1.807) is 0 Å². The molecule has 0 saturated heterocycles. The molecular weight excluding hydrogens is 176 g/mol. The fraction of sp³-hybridized carbons (Fsp3) is 0.364. The first-order valence-corrected chi connectivity index (χ1v) is 4.70. The molecule has 1 aromatic rings. The molecule has 2 N–H and O–H groups in total. The Labute approximate surface area is 83.5 Å². The molecule has 0 amide bonds. The number of hydrazone groups is 1. The quantitative estimate of drug-likeness (QED) is 0.705. The average molecular weight is 190 g/mol. The van der Waals surface area contributed by atoms with Crippen molar-refractivity contribution in [2.45, 2.75) is 26.0 Å². The van der Waals surface area contributed by atoms with Crippen molar-refractivity contribution in [1.82, 2.24) is 5.43 Å². The van der Waals surface area contributed by atoms with Gasteiger partial charge in [-0.15, -0.1) is 0 Å². The molecule has 1 aliphatic rings. The van der Waals surface area contributed by atoms with Crippen molar-refractivity contribution in [1.29, 1.82) is 0 Å². The van der Waals surface area contributed by atoms with E-state index in [1.807, 2.05) is 38.1 Å². The molecule has 0 aromatic heterocycles. The summed E-state index contributed by atoms with van der Waals surface area (Å²) in [5, 5.41) is 14.2. The number of rotatable bonds is 1. The van der Waals surface area contributed by atoms with E-state index in [2.05, 4.69) is 10.5 Å². The Morgan fingerprint density at radius 2 is 1.93 bits per heavy atom. The van der Waals surface area contributed by atoms with Gasteiger partial charge in [0, 0.05) is 17.7 Å². The van der Waals surface area contributed by atoms with Crippen molar-refractivity contribution in [2.75, 3.05) is 0 Å². The lowest BCUT2D eigenvalue weighted by Gasteiger charge is -2.22. The predicted molar refractivity (Wildman–Crippen MR) is 55.9 cm³/mol. The predicted octanol–water partition coefficient (Wildman–Crippen LogP) is 1.51. The molecule has 0 spiro atoms. The van der Waals surface area contributed by atoms with Crippen molar-refractivity contribution in [2.24, 2.45) is 5.10 Å². The van der Waals surface area contributed by atoms with Crippen LogP contribution in [0.5, 0.6) is 0 Å². The van der Waals surface area contributed by atoms with Crippen LogP contribution in [0.1, 0.15) is 24.5 Å². The number of nitrogens with zero attached hydrogens (tertiary/aromatic N) is 1. The van der Waals surface area contributed by atoms with Gasteiger partial charge in [-0.25, -0.2) is 0 Å². The number of hydrogen-bond donors (Lipinski definition) is 2. The molecular formula is C11H14N2O. The summed E-state index contributed by atoms with van der Waals surface area (Å²) in [7, 11) is 0. The maximum atomic E-state index is 10.2. The number of aryl methyl sites for hydroxylation is 1. The maximum absolute atomic E-state index is 10.2. The Hall–Kier alpha value is -1.35. The lowest BCUT2D eigenvalue weighted by molar-refractivity contribution is 0.0189. The zero-order valence-corrected chi connectivity index (χ0v) is 8.41. The van der Waals surface area contributed by atoms with Crippen molar-refractivity contribution >= 4 is 5.71 Å². The van der Waals surface area contributed by atoms with E-state index in [0.717, 1.165) is 11.3 Å². The highest BCUT2D eigenvalue weighted by atomic mass is 16.3. The zero-order valence-electron chi connectivity index (χ0n) is 8.41. The number of nitrogens with one attached hydrogen (secondary N) is 1. The minimum atomic E-state index is -1.00. The molecule has 0 bridgehead atoms. The van der Waals surface area contributed by atoms with E-state index in [9.17, 15) is 5.11 Å². The minimum Gasteiger partial charge on any atom is -0.365 e. The van der Waals surface area contributed by atoms with Crippen molar-refractivity contribution in [3.63, 3.8) is 0 Å². The fourth-order valence-electron chi connectivity index (χ4n) is 1.63. The molecule has 2 rings (SSSR count). The van der Waals surface area contributed by atoms with Crippen LogP contribution in [0.25, 0.3) is 0 Å². The first-order valence-electron chi connectivity index (χ1n) is 4.70. The third kappa shape index (κ3) is 1.51. The highest BCUT2D eigenvalue weighted by Crippen LogP contribution is 2.26. The number of hydrogen-bond acceptors (Lipinski definition) is 3. The van der Waals surface area contributed by atoms with Crippen LogP contribution in [0.4, 0.5) is 0 Å². The second-order valence-electron chi connectivity index (χ2n) is 3.86. The third-order valence-electron chi connectivity index (χ3n) is 2.47. The largest absolute Gasteiger partial charge is 0.365 e. The Morgan fingerprint density at radius 3 is 2.43 bits per heavy atom. The summed E-state index contributed by atoms with van der Waals surface area (Å²) < 4.78 is 0. The van der Waals surface area contributed by atoms with E-state index in [0.29, 0.717) is 6.42 Å². The van der Waals surface area contributed by atoms with Gasteiger partial charge in [-0.1, -0.05) is 29.8 Å². The average Bonchev–Trinajstić information content (AvgIpc) is 2.48. The molecule has 74 valence electrons. The van der Waals surface area contributed by atoms with Crippen molar-refractivity contribution < 1.29 is 5.11 Å². The van der Waals surface area contributed by atoms with Gasteiger partial charge in [0.1, 0.15) is 0 Å². The van der Waals surface area contributed by atoms with Gasteiger partial charge in [-0.3, -0.25) is 5.43 Å².